The molecule has 130 valence electrons. The molecule has 0 radical (unpaired) electrons. The van der Waals surface area contributed by atoms with E-state index in [-0.39, 0.29) is 18.9 Å². The van der Waals surface area contributed by atoms with Crippen molar-refractivity contribution in [3.05, 3.63) is 41.4 Å². The number of nitrogens with zero attached hydrogens (tertiary/aromatic N) is 2. The van der Waals surface area contributed by atoms with Crippen molar-refractivity contribution in [3.8, 4) is 0 Å². The topological polar surface area (TPSA) is 88.6 Å². The van der Waals surface area contributed by atoms with Gasteiger partial charge in [-0.2, -0.15) is 0 Å². The second-order valence-electron chi connectivity index (χ2n) is 5.52. The Morgan fingerprint density at radius 3 is 2.80 bits per heavy atom. The fourth-order valence-corrected chi connectivity index (χ4v) is 3.28. The number of carbonyl (C=O) groups excluding carboxylic acids is 3. The summed E-state index contributed by atoms with van der Waals surface area (Å²) in [5, 5.41) is 4.97. The number of hydrogen-bond donors (Lipinski definition) is 1. The molecular weight excluding hydrogens is 342 g/mol. The molecule has 3 rings (SSSR count). The molecule has 0 saturated carbocycles. The van der Waals surface area contributed by atoms with Crippen LogP contribution in [0.2, 0.25) is 0 Å². The van der Waals surface area contributed by atoms with Crippen LogP contribution in [0.25, 0.3) is 0 Å². The van der Waals surface area contributed by atoms with Crippen molar-refractivity contribution in [2.24, 2.45) is 0 Å². The SMILES string of the molecule is O=C(COC(=O)Cc1csc(N2CCCC2=O)n1)Nc1ccccc1. The minimum atomic E-state index is -0.534. The summed E-state index contributed by atoms with van der Waals surface area (Å²) in [6.07, 6.45) is 1.33. The first-order valence-corrected chi connectivity index (χ1v) is 8.75. The van der Waals surface area contributed by atoms with Crippen LogP contribution in [0, 0.1) is 0 Å². The molecule has 1 aliphatic rings. The van der Waals surface area contributed by atoms with Gasteiger partial charge in [0.05, 0.1) is 12.1 Å². The molecule has 7 nitrogen and oxygen atoms in total. The molecular formula is C17H17N3O4S. The predicted molar refractivity (Wildman–Crippen MR) is 93.4 cm³/mol. The summed E-state index contributed by atoms with van der Waals surface area (Å²) in [6, 6.07) is 8.93. The highest BCUT2D eigenvalue weighted by atomic mass is 32.1. The fourth-order valence-electron chi connectivity index (χ4n) is 2.42. The Morgan fingerprint density at radius 1 is 1.28 bits per heavy atom. The van der Waals surface area contributed by atoms with Crippen LogP contribution in [0.1, 0.15) is 18.5 Å². The number of thiazole rings is 1. The Morgan fingerprint density at radius 2 is 2.08 bits per heavy atom. The summed E-state index contributed by atoms with van der Waals surface area (Å²) in [7, 11) is 0. The zero-order valence-electron chi connectivity index (χ0n) is 13.4. The van der Waals surface area contributed by atoms with Gasteiger partial charge in [0.1, 0.15) is 0 Å². The van der Waals surface area contributed by atoms with Crippen molar-refractivity contribution in [2.45, 2.75) is 19.3 Å². The summed E-state index contributed by atoms with van der Waals surface area (Å²) in [5.74, 6) is -0.880. The number of para-hydroxylation sites is 1. The number of nitrogens with one attached hydrogen (secondary N) is 1. The molecule has 1 N–H and O–H groups in total. The molecule has 2 amide bonds. The summed E-state index contributed by atoms with van der Waals surface area (Å²) in [5.41, 5.74) is 1.18. The molecule has 1 aromatic heterocycles. The van der Waals surface area contributed by atoms with E-state index in [9.17, 15) is 14.4 Å². The minimum absolute atomic E-state index is 0.0306. The maximum Gasteiger partial charge on any atom is 0.312 e. The zero-order valence-corrected chi connectivity index (χ0v) is 14.3. The van der Waals surface area contributed by atoms with Crippen LogP contribution >= 0.6 is 11.3 Å². The van der Waals surface area contributed by atoms with Gasteiger partial charge in [-0.05, 0) is 18.6 Å². The molecule has 1 aromatic carbocycles. The first kappa shape index (κ1) is 17.1. The lowest BCUT2D eigenvalue weighted by Crippen LogP contribution is -2.23. The van der Waals surface area contributed by atoms with Crippen LogP contribution in [-0.4, -0.2) is 35.9 Å². The van der Waals surface area contributed by atoms with Gasteiger partial charge in [0.2, 0.25) is 5.91 Å². The van der Waals surface area contributed by atoms with Crippen LogP contribution in [0.15, 0.2) is 35.7 Å². The van der Waals surface area contributed by atoms with Gasteiger partial charge < -0.3 is 10.1 Å². The maximum absolute atomic E-state index is 11.8. The minimum Gasteiger partial charge on any atom is -0.455 e. The zero-order chi connectivity index (χ0) is 17.6. The molecule has 0 spiro atoms. The standard InChI is InChI=1S/C17H17N3O4S/c21-14(18-12-5-2-1-3-6-12)10-24-16(23)9-13-11-25-17(19-13)20-8-4-7-15(20)22/h1-3,5-6,11H,4,7-10H2,(H,18,21). The van der Waals surface area contributed by atoms with E-state index < -0.39 is 11.9 Å². The van der Waals surface area contributed by atoms with E-state index in [0.29, 0.717) is 29.5 Å². The average molecular weight is 359 g/mol. The van der Waals surface area contributed by atoms with E-state index in [1.165, 1.54) is 11.3 Å². The Bertz CT molecular complexity index is 775. The van der Waals surface area contributed by atoms with Gasteiger partial charge in [0, 0.05) is 24.0 Å². The third-order valence-electron chi connectivity index (χ3n) is 3.59. The lowest BCUT2D eigenvalue weighted by molar-refractivity contribution is -0.146. The van der Waals surface area contributed by atoms with Crippen molar-refractivity contribution in [2.75, 3.05) is 23.4 Å². The van der Waals surface area contributed by atoms with Crippen LogP contribution < -0.4 is 10.2 Å². The summed E-state index contributed by atoms with van der Waals surface area (Å²) in [4.78, 5) is 41.2. The maximum atomic E-state index is 11.8. The van der Waals surface area contributed by atoms with E-state index in [0.717, 1.165) is 6.42 Å². The van der Waals surface area contributed by atoms with E-state index in [2.05, 4.69) is 10.3 Å². The van der Waals surface area contributed by atoms with Gasteiger partial charge in [-0.1, -0.05) is 18.2 Å². The Kier molecular flexibility index (Phi) is 5.39. The first-order chi connectivity index (χ1) is 12.1. The van der Waals surface area contributed by atoms with Crippen LogP contribution in [-0.2, 0) is 25.5 Å². The van der Waals surface area contributed by atoms with Crippen LogP contribution in [0.5, 0.6) is 0 Å². The number of aromatic nitrogens is 1. The quantitative estimate of drug-likeness (QED) is 0.797. The van der Waals surface area contributed by atoms with E-state index in [1.807, 2.05) is 6.07 Å². The number of ether oxygens (including phenoxy) is 1. The lowest BCUT2D eigenvalue weighted by Gasteiger charge is -2.10. The molecule has 2 heterocycles. The largest absolute Gasteiger partial charge is 0.455 e. The number of carbonyl (C=O) groups is 3. The molecule has 0 unspecified atom stereocenters. The van der Waals surface area contributed by atoms with Gasteiger partial charge in [-0.25, -0.2) is 4.98 Å². The summed E-state index contributed by atoms with van der Waals surface area (Å²) >= 11 is 1.33. The molecule has 0 atom stereocenters. The molecule has 1 fully saturated rings. The molecule has 1 saturated heterocycles. The number of benzene rings is 1. The molecule has 2 aromatic rings. The summed E-state index contributed by atoms with van der Waals surface area (Å²) in [6.45, 7) is 0.311. The van der Waals surface area contributed by atoms with Crippen molar-refractivity contribution < 1.29 is 19.1 Å². The molecule has 0 bridgehead atoms. The predicted octanol–water partition coefficient (Wildman–Crippen LogP) is 1.99. The van der Waals surface area contributed by atoms with Gasteiger partial charge in [-0.15, -0.1) is 11.3 Å². The highest BCUT2D eigenvalue weighted by Crippen LogP contribution is 2.25. The third kappa shape index (κ3) is 4.63. The first-order valence-electron chi connectivity index (χ1n) is 7.87. The normalized spacial score (nSPS) is 13.8. The molecule has 0 aliphatic carbocycles. The second kappa shape index (κ2) is 7.89. The van der Waals surface area contributed by atoms with Gasteiger partial charge >= 0.3 is 5.97 Å². The van der Waals surface area contributed by atoms with Crippen molar-refractivity contribution in [3.63, 3.8) is 0 Å². The Hall–Kier alpha value is -2.74. The molecule has 1 aliphatic heterocycles. The Labute approximate surface area is 148 Å². The number of esters is 1. The third-order valence-corrected chi connectivity index (χ3v) is 4.50. The highest BCUT2D eigenvalue weighted by molar-refractivity contribution is 7.14. The molecule has 8 heteroatoms. The van der Waals surface area contributed by atoms with Gasteiger partial charge in [0.15, 0.2) is 11.7 Å². The number of anilines is 2. The van der Waals surface area contributed by atoms with Crippen LogP contribution in [0.4, 0.5) is 10.8 Å². The van der Waals surface area contributed by atoms with E-state index in [4.69, 9.17) is 4.74 Å². The smallest absolute Gasteiger partial charge is 0.312 e. The number of amides is 2. The average Bonchev–Trinajstić information content (AvgIpc) is 3.22. The van der Waals surface area contributed by atoms with Gasteiger partial charge in [0.25, 0.3) is 5.91 Å². The second-order valence-corrected chi connectivity index (χ2v) is 6.36. The van der Waals surface area contributed by atoms with Crippen molar-refractivity contribution in [1.82, 2.24) is 4.98 Å². The van der Waals surface area contributed by atoms with E-state index >= 15 is 0 Å². The van der Waals surface area contributed by atoms with E-state index in [1.54, 1.807) is 34.5 Å². The van der Waals surface area contributed by atoms with Crippen molar-refractivity contribution in [1.29, 1.82) is 0 Å². The monoisotopic (exact) mass is 359 g/mol. The fraction of sp³-hybridized carbons (Fsp3) is 0.294. The molecule has 25 heavy (non-hydrogen) atoms. The van der Waals surface area contributed by atoms with Gasteiger partial charge in [-0.3, -0.25) is 19.3 Å². The highest BCUT2D eigenvalue weighted by Gasteiger charge is 2.24. The van der Waals surface area contributed by atoms with Crippen LogP contribution in [0.3, 0.4) is 0 Å². The van der Waals surface area contributed by atoms with Crippen molar-refractivity contribution >= 4 is 39.9 Å². The number of hydrogen-bond acceptors (Lipinski definition) is 6. The lowest BCUT2D eigenvalue weighted by atomic mass is 10.3. The summed E-state index contributed by atoms with van der Waals surface area (Å²) < 4.78 is 4.97. The Balaban J connectivity index is 1.45. The number of rotatable bonds is 6.